The number of aromatic nitrogens is 2. The Morgan fingerprint density at radius 3 is 2.78 bits per heavy atom. The molecule has 0 aliphatic carbocycles. The van der Waals surface area contributed by atoms with Gasteiger partial charge in [-0.05, 0) is 54.5 Å². The van der Waals surface area contributed by atoms with Crippen molar-refractivity contribution in [2.45, 2.75) is 6.92 Å². The molecule has 1 amide bonds. The van der Waals surface area contributed by atoms with Crippen molar-refractivity contribution < 1.29 is 4.79 Å². The number of hydrogen-bond donors (Lipinski definition) is 2. The number of benzene rings is 2. The highest BCUT2D eigenvalue weighted by Gasteiger charge is 2.24. The van der Waals surface area contributed by atoms with Crippen LogP contribution in [0.15, 0.2) is 61.5 Å². The second-order valence-corrected chi connectivity index (χ2v) is 8.45. The van der Waals surface area contributed by atoms with Gasteiger partial charge in [0.05, 0.1) is 11.7 Å². The van der Waals surface area contributed by atoms with E-state index in [2.05, 4.69) is 52.1 Å². The average molecular weight is 446 g/mol. The molecule has 3 aromatic rings. The molecule has 2 N–H and O–H groups in total. The van der Waals surface area contributed by atoms with Crippen LogP contribution in [0.3, 0.4) is 0 Å². The van der Waals surface area contributed by atoms with Gasteiger partial charge in [-0.15, -0.1) is 0 Å². The number of allylic oxidation sites excluding steroid dienone is 2. The van der Waals surface area contributed by atoms with Gasteiger partial charge in [0.25, 0.3) is 0 Å². The summed E-state index contributed by atoms with van der Waals surface area (Å²) in [6.07, 6.45) is 9.27. The van der Waals surface area contributed by atoms with Gasteiger partial charge < -0.3 is 15.1 Å². The van der Waals surface area contributed by atoms with E-state index in [9.17, 15) is 4.79 Å². The maximum atomic E-state index is 12.0. The molecule has 0 spiro atoms. The van der Waals surface area contributed by atoms with Crippen LogP contribution in [0.4, 0.5) is 5.69 Å². The van der Waals surface area contributed by atoms with Gasteiger partial charge in [0, 0.05) is 65.3 Å². The number of carbonyl (C=O) groups is 1. The first-order valence-electron chi connectivity index (χ1n) is 10.6. The summed E-state index contributed by atoms with van der Waals surface area (Å²) in [5.74, 6) is -0.0158. The van der Waals surface area contributed by atoms with E-state index in [1.54, 1.807) is 0 Å². The van der Waals surface area contributed by atoms with E-state index in [0.717, 1.165) is 57.6 Å². The van der Waals surface area contributed by atoms with Gasteiger partial charge >= 0.3 is 0 Å². The Morgan fingerprint density at radius 2 is 2.00 bits per heavy atom. The molecule has 3 heterocycles. The smallest absolute Gasteiger partial charge is 0.246 e. The topological polar surface area (TPSA) is 64.3 Å². The summed E-state index contributed by atoms with van der Waals surface area (Å²) in [6.45, 7) is 8.54. The summed E-state index contributed by atoms with van der Waals surface area (Å²) in [7, 11) is 0. The van der Waals surface area contributed by atoms with Crippen LogP contribution in [-0.2, 0) is 4.79 Å². The van der Waals surface area contributed by atoms with Crippen molar-refractivity contribution in [1.29, 1.82) is 0 Å². The number of hydrogen-bond acceptors (Lipinski definition) is 4. The average Bonchev–Trinajstić information content (AvgIpc) is 3.19. The van der Waals surface area contributed by atoms with Crippen molar-refractivity contribution in [2.24, 2.45) is 0 Å². The molecule has 2 aliphatic heterocycles. The van der Waals surface area contributed by atoms with Crippen LogP contribution in [0, 0.1) is 6.92 Å². The van der Waals surface area contributed by atoms with Crippen LogP contribution in [-0.4, -0.2) is 52.1 Å². The molecule has 1 fully saturated rings. The number of amides is 1. The summed E-state index contributed by atoms with van der Waals surface area (Å²) in [4.78, 5) is 16.1. The Hall–Kier alpha value is -3.51. The standard InChI is InChI=1S/C25H24ClN5O/c1-3-24(32)31-11-9-30(10-12-31)23-5-4-8-27-22-14-17(20(26)13-18(22)23)25-16(2)6-7-21-19(25)15-28-29-21/h3-8,13-15,27H,1,9-12H2,2H3,(H,28,29). The zero-order chi connectivity index (χ0) is 22.2. The van der Waals surface area contributed by atoms with Gasteiger partial charge in [0.1, 0.15) is 0 Å². The Balaban J connectivity index is 1.54. The molecule has 6 nitrogen and oxygen atoms in total. The molecule has 0 saturated carbocycles. The first kappa shape index (κ1) is 20.4. The molecule has 0 unspecified atom stereocenters. The van der Waals surface area contributed by atoms with Crippen LogP contribution >= 0.6 is 11.6 Å². The summed E-state index contributed by atoms with van der Waals surface area (Å²) >= 11 is 6.89. The molecular formula is C25H24ClN5O. The lowest BCUT2D eigenvalue weighted by molar-refractivity contribution is -0.127. The van der Waals surface area contributed by atoms with Crippen molar-refractivity contribution in [3.63, 3.8) is 0 Å². The molecule has 0 bridgehead atoms. The summed E-state index contributed by atoms with van der Waals surface area (Å²) in [6, 6.07) is 8.28. The van der Waals surface area contributed by atoms with E-state index in [1.807, 2.05) is 35.5 Å². The molecule has 5 rings (SSSR count). The minimum absolute atomic E-state index is 0.0158. The van der Waals surface area contributed by atoms with Gasteiger partial charge in [-0.1, -0.05) is 24.2 Å². The first-order chi connectivity index (χ1) is 15.6. The maximum absolute atomic E-state index is 12.0. The lowest BCUT2D eigenvalue weighted by Gasteiger charge is -2.37. The fourth-order valence-electron chi connectivity index (χ4n) is 4.52. The van der Waals surface area contributed by atoms with E-state index in [-0.39, 0.29) is 5.91 Å². The Morgan fingerprint density at radius 1 is 1.19 bits per heavy atom. The Labute approximate surface area is 191 Å². The van der Waals surface area contributed by atoms with Gasteiger partial charge in [-0.2, -0.15) is 5.10 Å². The molecule has 162 valence electrons. The van der Waals surface area contributed by atoms with Gasteiger partial charge in [0.2, 0.25) is 5.91 Å². The number of nitrogens with zero attached hydrogens (tertiary/aromatic N) is 3. The first-order valence-corrected chi connectivity index (χ1v) is 11.0. The lowest BCUT2D eigenvalue weighted by atomic mass is 9.94. The summed E-state index contributed by atoms with van der Waals surface area (Å²) < 4.78 is 0. The Kier molecular flexibility index (Phi) is 5.23. The highest BCUT2D eigenvalue weighted by Crippen LogP contribution is 2.41. The second-order valence-electron chi connectivity index (χ2n) is 8.04. The Bertz CT molecular complexity index is 1280. The van der Waals surface area contributed by atoms with Gasteiger partial charge in [-0.3, -0.25) is 9.89 Å². The van der Waals surface area contributed by atoms with Crippen LogP contribution < -0.4 is 5.32 Å². The highest BCUT2D eigenvalue weighted by molar-refractivity contribution is 6.34. The minimum Gasteiger partial charge on any atom is -0.367 e. The molecule has 7 heteroatoms. The van der Waals surface area contributed by atoms with E-state index in [0.29, 0.717) is 18.1 Å². The number of aromatic amines is 1. The number of H-pyrrole nitrogens is 1. The molecule has 32 heavy (non-hydrogen) atoms. The number of carbonyl (C=O) groups excluding carboxylic acids is 1. The second kappa shape index (κ2) is 8.20. The third-order valence-corrected chi connectivity index (χ3v) is 6.49. The fourth-order valence-corrected chi connectivity index (χ4v) is 4.78. The third-order valence-electron chi connectivity index (χ3n) is 6.18. The number of halogens is 1. The van der Waals surface area contributed by atoms with E-state index >= 15 is 0 Å². The molecular weight excluding hydrogens is 422 g/mol. The van der Waals surface area contributed by atoms with Crippen molar-refractivity contribution in [1.82, 2.24) is 20.0 Å². The van der Waals surface area contributed by atoms with Gasteiger partial charge in [-0.25, -0.2) is 0 Å². The number of aryl methyl sites for hydroxylation is 1. The van der Waals surface area contributed by atoms with Crippen LogP contribution in [0.5, 0.6) is 0 Å². The van der Waals surface area contributed by atoms with Crippen molar-refractivity contribution in [3.8, 4) is 11.1 Å². The number of nitrogens with one attached hydrogen (secondary N) is 2. The van der Waals surface area contributed by atoms with Crippen molar-refractivity contribution in [2.75, 3.05) is 31.5 Å². The van der Waals surface area contributed by atoms with E-state index in [4.69, 9.17) is 11.6 Å². The van der Waals surface area contributed by atoms with Crippen LogP contribution in [0.1, 0.15) is 11.1 Å². The lowest BCUT2D eigenvalue weighted by Crippen LogP contribution is -2.47. The highest BCUT2D eigenvalue weighted by atomic mass is 35.5. The van der Waals surface area contributed by atoms with Crippen LogP contribution in [0.2, 0.25) is 5.02 Å². The number of fused-ring (bicyclic) bond motifs is 2. The zero-order valence-electron chi connectivity index (χ0n) is 17.9. The minimum atomic E-state index is -0.0158. The monoisotopic (exact) mass is 445 g/mol. The zero-order valence-corrected chi connectivity index (χ0v) is 18.6. The van der Waals surface area contributed by atoms with Crippen LogP contribution in [0.25, 0.3) is 27.7 Å². The van der Waals surface area contributed by atoms with E-state index < -0.39 is 0 Å². The normalized spacial score (nSPS) is 15.8. The van der Waals surface area contributed by atoms with Crippen molar-refractivity contribution >= 4 is 39.8 Å². The third kappa shape index (κ3) is 3.46. The number of rotatable bonds is 3. The van der Waals surface area contributed by atoms with Gasteiger partial charge in [0.15, 0.2) is 0 Å². The quantitative estimate of drug-likeness (QED) is 0.568. The predicted octanol–water partition coefficient (Wildman–Crippen LogP) is 4.80. The summed E-state index contributed by atoms with van der Waals surface area (Å²) in [5.41, 5.74) is 7.32. The molecule has 1 aromatic heterocycles. The molecule has 0 atom stereocenters. The largest absolute Gasteiger partial charge is 0.367 e. The maximum Gasteiger partial charge on any atom is 0.246 e. The summed E-state index contributed by atoms with van der Waals surface area (Å²) in [5, 5.41) is 12.4. The number of piperazine rings is 1. The van der Waals surface area contributed by atoms with Crippen molar-refractivity contribution in [3.05, 3.63) is 77.6 Å². The molecule has 1 saturated heterocycles. The van der Waals surface area contributed by atoms with E-state index in [1.165, 1.54) is 6.08 Å². The molecule has 2 aliphatic rings. The molecule has 0 radical (unpaired) electrons. The SMILES string of the molecule is C=CC(=O)N1CCN(C2=CC=CNc3cc(-c4c(C)ccc5[nH]ncc45)c(Cl)cc32)CC1. The fraction of sp³-hybridized carbons (Fsp3) is 0.200. The number of anilines is 1. The molecule has 2 aromatic carbocycles. The predicted molar refractivity (Wildman–Crippen MR) is 130 cm³/mol.